The fraction of sp³-hybridized carbons (Fsp3) is 0.188. The van der Waals surface area contributed by atoms with Crippen LogP contribution in [-0.2, 0) is 52.0 Å². The van der Waals surface area contributed by atoms with Gasteiger partial charge in [0.25, 0.3) is 0 Å². The van der Waals surface area contributed by atoms with Gasteiger partial charge in [-0.25, -0.2) is 11.1 Å². The molecule has 4 aromatic carbocycles. The predicted octanol–water partition coefficient (Wildman–Crippen LogP) is 14.4. The molecule has 0 bridgehead atoms. The van der Waals surface area contributed by atoms with Gasteiger partial charge in [0.15, 0.2) is 0 Å². The van der Waals surface area contributed by atoms with Gasteiger partial charge in [-0.2, -0.15) is 79.1 Å². The molecule has 3 aliphatic rings. The number of anilines is 10. The molecule has 12 rings (SSSR count). The zero-order valence-electron chi connectivity index (χ0n) is 44.2. The summed E-state index contributed by atoms with van der Waals surface area (Å²) in [5, 5.41) is 0. The molecule has 0 unspecified atom stereocenters. The van der Waals surface area contributed by atoms with Crippen LogP contribution in [0.1, 0.15) is 65.5 Å². The van der Waals surface area contributed by atoms with Gasteiger partial charge >= 0.3 is 0 Å². The van der Waals surface area contributed by atoms with Crippen molar-refractivity contribution in [2.24, 2.45) is 0 Å². The minimum Gasteiger partial charge on any atom is -0.510 e. The third-order valence-electron chi connectivity index (χ3n) is 13.4. The number of ether oxygens (including phenoxy) is 1. The molecule has 0 saturated carbocycles. The van der Waals surface area contributed by atoms with Gasteiger partial charge in [-0.3, -0.25) is 9.97 Å². The van der Waals surface area contributed by atoms with Crippen LogP contribution in [0.3, 0.4) is 0 Å². The Kier molecular flexibility index (Phi) is 17.1. The quantitative estimate of drug-likeness (QED) is 0.0861. The van der Waals surface area contributed by atoms with E-state index in [-0.39, 0.29) is 52.0 Å². The number of unbranched alkanes of at least 4 members (excludes halogenated alkanes) is 1. The number of para-hydroxylation sites is 2. The van der Waals surface area contributed by atoms with E-state index < -0.39 is 0 Å². The van der Waals surface area contributed by atoms with E-state index in [1.165, 1.54) is 11.1 Å². The summed E-state index contributed by atoms with van der Waals surface area (Å²) in [6, 6.07) is 59.0. The van der Waals surface area contributed by atoms with Crippen LogP contribution in [-0.4, -0.2) is 38.0 Å². The van der Waals surface area contributed by atoms with E-state index in [0.29, 0.717) is 22.9 Å². The van der Waals surface area contributed by atoms with Crippen molar-refractivity contribution in [2.75, 3.05) is 42.5 Å². The Hall–Kier alpha value is -7.43. The number of pyridine rings is 5. The summed E-state index contributed by atoms with van der Waals surface area (Å²) in [6.45, 7) is 21.6. The molecule has 5 aromatic heterocycles. The maximum atomic E-state index is 6.08. The molecule has 3 aliphatic heterocycles. The van der Waals surface area contributed by atoms with Crippen LogP contribution in [0.15, 0.2) is 171 Å². The molecular weight excluding hydrogens is 1330 g/mol. The first-order valence-corrected chi connectivity index (χ1v) is 25.5. The third-order valence-corrected chi connectivity index (χ3v) is 13.4. The largest absolute Gasteiger partial charge is 0.510 e. The molecule has 9 aromatic rings. The topological polar surface area (TPSA) is 93.1 Å². The average molecular weight is 1380 g/mol. The second kappa shape index (κ2) is 24.1. The van der Waals surface area contributed by atoms with Crippen LogP contribution in [0.5, 0.6) is 11.5 Å². The predicted molar refractivity (Wildman–Crippen MR) is 303 cm³/mol. The van der Waals surface area contributed by atoms with E-state index >= 15 is 0 Å². The van der Waals surface area contributed by atoms with Crippen molar-refractivity contribution in [3.63, 3.8) is 0 Å². The van der Waals surface area contributed by atoms with Gasteiger partial charge in [-0.05, 0) is 74.7 Å². The Morgan fingerprint density at radius 1 is 0.462 bits per heavy atom. The molecule has 0 fully saturated rings. The van der Waals surface area contributed by atoms with Gasteiger partial charge in [-0.1, -0.05) is 70.6 Å². The number of benzene rings is 4. The molecule has 0 saturated heterocycles. The van der Waals surface area contributed by atoms with Crippen molar-refractivity contribution in [3.8, 4) is 22.9 Å². The number of hydrogen-bond donors (Lipinski definition) is 0. The van der Waals surface area contributed by atoms with E-state index in [9.17, 15) is 0 Å². The molecule has 0 aliphatic carbocycles. The summed E-state index contributed by atoms with van der Waals surface area (Å²) < 4.78 is 6.08. The number of aromatic nitrogens is 5. The van der Waals surface area contributed by atoms with Gasteiger partial charge in [0.05, 0.1) is 0 Å². The van der Waals surface area contributed by atoms with Gasteiger partial charge in [0.1, 0.15) is 5.82 Å². The SMILES string of the molecule is CC(C)(C)c1c[c-]c(N2[CH-]N(CCCCN3[CH-]N(c4[c-]cc(C(C)(C)C)cc4)c4ccncc43)c3cnccc32)cc1.[Ir].[Pt].[c-]1c(Oc2[c-]c(-c3[c-]cccn3)ncc2)cccc1N1[CH-]N(c2ccccn2)c2ccccc21. The van der Waals surface area contributed by atoms with Crippen molar-refractivity contribution in [1.29, 1.82) is 0 Å². The van der Waals surface area contributed by atoms with Gasteiger partial charge in [-0.15, -0.1) is 77.6 Å². The standard InChI is InChI=1S/C36H40N6.C28H17N5O.Ir.Pt/c1-35(2,3)27-9-13-29(14-10-27)41-25-39(33-23-37-19-17-31(33)41)21-7-8-22-40-26-42(32-18-20-38-24-34(32)40)30-15-11-28(12-16-30)36(4,5)6;1-2-12-27-26(11-1)32(20-33(27)28-13-4-6-16-31-28)21-8-7-9-22(18-21)34-23-14-17-30-25(19-23)24-10-3-5-15-29-24;;/h9-13,15,17-20,23-26H,7-8,21-22H2,1-6H3;1-9,11-17,20H;;/q2*-4;;. The minimum absolute atomic E-state index is 0. The Morgan fingerprint density at radius 2 is 1.01 bits per heavy atom. The first-order valence-electron chi connectivity index (χ1n) is 25.5. The van der Waals surface area contributed by atoms with E-state index in [1.54, 1.807) is 30.7 Å². The fourth-order valence-electron chi connectivity index (χ4n) is 9.25. The maximum Gasteiger partial charge on any atom is 0.104 e. The second-order valence-electron chi connectivity index (χ2n) is 20.7. The zero-order chi connectivity index (χ0) is 52.2. The molecular formula is C64H57IrN11OPt-8. The molecule has 78 heavy (non-hydrogen) atoms. The van der Waals surface area contributed by atoms with Crippen molar-refractivity contribution in [1.82, 2.24) is 24.9 Å². The number of nitrogens with zero attached hydrogens (tertiary/aromatic N) is 11. The third kappa shape index (κ3) is 12.1. The van der Waals surface area contributed by atoms with Crippen LogP contribution in [0.25, 0.3) is 11.4 Å². The van der Waals surface area contributed by atoms with Crippen molar-refractivity contribution < 1.29 is 45.9 Å². The van der Waals surface area contributed by atoms with Crippen LogP contribution < -0.4 is 34.1 Å². The van der Waals surface area contributed by atoms with Gasteiger partial charge in [0.2, 0.25) is 0 Å². The molecule has 14 heteroatoms. The second-order valence-corrected chi connectivity index (χ2v) is 20.7. The normalized spacial score (nSPS) is 13.5. The maximum absolute atomic E-state index is 6.08. The molecule has 0 spiro atoms. The smallest absolute Gasteiger partial charge is 0.104 e. The molecule has 401 valence electrons. The first kappa shape index (κ1) is 55.3. The first-order chi connectivity index (χ1) is 36.9. The van der Waals surface area contributed by atoms with Crippen LogP contribution in [0.2, 0.25) is 0 Å². The molecule has 0 atom stereocenters. The Bertz CT molecular complexity index is 3290. The van der Waals surface area contributed by atoms with E-state index in [4.69, 9.17) is 4.74 Å². The molecule has 0 amide bonds. The molecule has 8 heterocycles. The summed E-state index contributed by atoms with van der Waals surface area (Å²) in [5.74, 6) is 1.94. The van der Waals surface area contributed by atoms with Crippen molar-refractivity contribution >= 4 is 57.0 Å². The number of fused-ring (bicyclic) bond motifs is 3. The molecule has 1 radical (unpaired) electrons. The fourth-order valence-corrected chi connectivity index (χ4v) is 9.25. The van der Waals surface area contributed by atoms with E-state index in [2.05, 4.69) is 200 Å². The van der Waals surface area contributed by atoms with Crippen molar-refractivity contribution in [3.05, 3.63) is 232 Å². The minimum atomic E-state index is 0. The van der Waals surface area contributed by atoms with Gasteiger partial charge < -0.3 is 44.1 Å². The summed E-state index contributed by atoms with van der Waals surface area (Å²) in [7, 11) is 0. The number of hydrogen-bond acceptors (Lipinski definition) is 12. The summed E-state index contributed by atoms with van der Waals surface area (Å²) in [4.78, 5) is 35.2. The molecule has 12 nitrogen and oxygen atoms in total. The van der Waals surface area contributed by atoms with Gasteiger partial charge in [0, 0.05) is 118 Å². The van der Waals surface area contributed by atoms with Crippen molar-refractivity contribution in [2.45, 2.75) is 65.2 Å². The van der Waals surface area contributed by atoms with E-state index in [0.717, 1.165) is 82.9 Å². The van der Waals surface area contributed by atoms with Crippen LogP contribution in [0, 0.1) is 50.3 Å². The Morgan fingerprint density at radius 3 is 1.56 bits per heavy atom. The molecule has 0 N–H and O–H groups in total. The summed E-state index contributed by atoms with van der Waals surface area (Å²) in [6.07, 6.45) is 14.9. The Balaban J connectivity index is 0.000000189. The average Bonchev–Trinajstić information content (AvgIpc) is 4.19. The van der Waals surface area contributed by atoms with E-state index in [1.807, 2.05) is 86.1 Å². The Labute approximate surface area is 487 Å². The monoisotopic (exact) mass is 1380 g/mol. The zero-order valence-corrected chi connectivity index (χ0v) is 48.9. The van der Waals surface area contributed by atoms with Crippen LogP contribution >= 0.6 is 0 Å². The van der Waals surface area contributed by atoms with Crippen LogP contribution in [0.4, 0.5) is 57.0 Å². The number of rotatable bonds is 12. The summed E-state index contributed by atoms with van der Waals surface area (Å²) >= 11 is 0. The summed E-state index contributed by atoms with van der Waals surface area (Å²) in [5.41, 5.74) is 13.5.